The van der Waals surface area contributed by atoms with Crippen molar-refractivity contribution in [3.05, 3.63) is 35.4 Å². The Kier molecular flexibility index (Phi) is 4.61. The largest absolute Gasteiger partial charge is 0.319 e. The van der Waals surface area contributed by atoms with Gasteiger partial charge in [-0.3, -0.25) is 0 Å². The standard InChI is InChI=1S/C16H25N/c1-13(12-17-2)10-11-15-8-5-7-14-6-3-4-9-16(14)15/h3-4,6,9,13,15,17H,5,7-8,10-12H2,1-2H3. The summed E-state index contributed by atoms with van der Waals surface area (Å²) in [6, 6.07) is 9.05. The van der Waals surface area contributed by atoms with Gasteiger partial charge in [0.25, 0.3) is 0 Å². The van der Waals surface area contributed by atoms with Crippen LogP contribution in [0.25, 0.3) is 0 Å². The molecule has 0 aromatic heterocycles. The van der Waals surface area contributed by atoms with Gasteiger partial charge >= 0.3 is 0 Å². The molecule has 94 valence electrons. The van der Waals surface area contributed by atoms with Gasteiger partial charge in [-0.1, -0.05) is 31.2 Å². The first-order valence-electron chi connectivity index (χ1n) is 7.03. The zero-order valence-corrected chi connectivity index (χ0v) is 11.2. The van der Waals surface area contributed by atoms with E-state index in [4.69, 9.17) is 0 Å². The van der Waals surface area contributed by atoms with E-state index in [1.165, 1.54) is 32.1 Å². The fourth-order valence-corrected chi connectivity index (χ4v) is 3.09. The van der Waals surface area contributed by atoms with Crippen LogP contribution in [0.4, 0.5) is 0 Å². The van der Waals surface area contributed by atoms with Crippen LogP contribution >= 0.6 is 0 Å². The molecule has 0 saturated heterocycles. The molecule has 1 N–H and O–H groups in total. The molecule has 1 aliphatic carbocycles. The molecule has 1 heteroatoms. The molecule has 2 rings (SSSR count). The van der Waals surface area contributed by atoms with Gasteiger partial charge in [-0.25, -0.2) is 0 Å². The number of aryl methyl sites for hydroxylation is 1. The van der Waals surface area contributed by atoms with Gasteiger partial charge in [-0.05, 0) is 68.7 Å². The Morgan fingerprint density at radius 2 is 2.18 bits per heavy atom. The Bertz CT molecular complexity index is 345. The molecule has 0 heterocycles. The van der Waals surface area contributed by atoms with Gasteiger partial charge in [-0.2, -0.15) is 0 Å². The molecule has 1 aliphatic rings. The highest BCUT2D eigenvalue weighted by atomic mass is 14.8. The minimum absolute atomic E-state index is 0.800. The van der Waals surface area contributed by atoms with Crippen molar-refractivity contribution in [2.24, 2.45) is 5.92 Å². The smallest absolute Gasteiger partial charge is 0.00262 e. The second kappa shape index (κ2) is 6.20. The van der Waals surface area contributed by atoms with Crippen LogP contribution < -0.4 is 5.32 Å². The summed E-state index contributed by atoms with van der Waals surface area (Å²) in [7, 11) is 2.05. The summed E-state index contributed by atoms with van der Waals surface area (Å²) in [6.45, 7) is 3.50. The van der Waals surface area contributed by atoms with Crippen LogP contribution in [0, 0.1) is 5.92 Å². The summed E-state index contributed by atoms with van der Waals surface area (Å²) in [5, 5.41) is 3.27. The summed E-state index contributed by atoms with van der Waals surface area (Å²) in [6.07, 6.45) is 6.77. The Balaban J connectivity index is 1.94. The fourth-order valence-electron chi connectivity index (χ4n) is 3.09. The summed E-state index contributed by atoms with van der Waals surface area (Å²) in [5.41, 5.74) is 3.24. The van der Waals surface area contributed by atoms with Crippen molar-refractivity contribution in [2.45, 2.75) is 44.9 Å². The topological polar surface area (TPSA) is 12.0 Å². The van der Waals surface area contributed by atoms with Crippen LogP contribution in [-0.2, 0) is 6.42 Å². The van der Waals surface area contributed by atoms with Crippen molar-refractivity contribution in [3.63, 3.8) is 0 Å². The Hall–Kier alpha value is -0.820. The van der Waals surface area contributed by atoms with Crippen molar-refractivity contribution in [2.75, 3.05) is 13.6 Å². The van der Waals surface area contributed by atoms with Gasteiger partial charge < -0.3 is 5.32 Å². The van der Waals surface area contributed by atoms with Crippen LogP contribution in [0.2, 0.25) is 0 Å². The molecule has 17 heavy (non-hydrogen) atoms. The maximum atomic E-state index is 3.27. The predicted molar refractivity (Wildman–Crippen MR) is 74.4 cm³/mol. The van der Waals surface area contributed by atoms with E-state index in [1.807, 2.05) is 7.05 Å². The number of hydrogen-bond donors (Lipinski definition) is 1. The van der Waals surface area contributed by atoms with E-state index in [1.54, 1.807) is 11.1 Å². The minimum atomic E-state index is 0.800. The summed E-state index contributed by atoms with van der Waals surface area (Å²) in [4.78, 5) is 0. The summed E-state index contributed by atoms with van der Waals surface area (Å²) in [5.74, 6) is 1.62. The third-order valence-corrected chi connectivity index (χ3v) is 4.05. The van der Waals surface area contributed by atoms with Gasteiger partial charge in [0.15, 0.2) is 0 Å². The lowest BCUT2D eigenvalue weighted by atomic mass is 9.79. The Morgan fingerprint density at radius 1 is 1.35 bits per heavy atom. The normalized spacial score (nSPS) is 20.9. The maximum absolute atomic E-state index is 3.27. The molecule has 0 saturated carbocycles. The van der Waals surface area contributed by atoms with E-state index < -0.39 is 0 Å². The zero-order chi connectivity index (χ0) is 12.1. The third-order valence-electron chi connectivity index (χ3n) is 4.05. The Labute approximate surface area is 106 Å². The number of hydrogen-bond acceptors (Lipinski definition) is 1. The lowest BCUT2D eigenvalue weighted by Gasteiger charge is -2.26. The molecule has 1 nitrogen and oxygen atoms in total. The van der Waals surface area contributed by atoms with E-state index in [0.717, 1.165) is 18.4 Å². The molecule has 0 amide bonds. The van der Waals surface area contributed by atoms with Crippen molar-refractivity contribution >= 4 is 0 Å². The van der Waals surface area contributed by atoms with E-state index in [0.29, 0.717) is 0 Å². The van der Waals surface area contributed by atoms with Crippen LogP contribution in [0.5, 0.6) is 0 Å². The number of rotatable bonds is 5. The first kappa shape index (κ1) is 12.6. The molecule has 0 fully saturated rings. The van der Waals surface area contributed by atoms with E-state index in [2.05, 4.69) is 36.5 Å². The van der Waals surface area contributed by atoms with Crippen LogP contribution in [-0.4, -0.2) is 13.6 Å². The molecule has 1 aromatic carbocycles. The average Bonchev–Trinajstić information content (AvgIpc) is 2.36. The molecule has 0 aliphatic heterocycles. The number of fused-ring (bicyclic) bond motifs is 1. The first-order chi connectivity index (χ1) is 8.31. The van der Waals surface area contributed by atoms with Crippen molar-refractivity contribution in [3.8, 4) is 0 Å². The van der Waals surface area contributed by atoms with Crippen LogP contribution in [0.1, 0.15) is 49.7 Å². The first-order valence-corrected chi connectivity index (χ1v) is 7.03. The SMILES string of the molecule is CNCC(C)CCC1CCCc2ccccc21. The predicted octanol–water partition coefficient (Wildman–Crippen LogP) is 3.74. The molecule has 0 bridgehead atoms. The molecule has 1 aromatic rings. The lowest BCUT2D eigenvalue weighted by molar-refractivity contribution is 0.428. The van der Waals surface area contributed by atoms with Gasteiger partial charge in [0.2, 0.25) is 0 Å². The summed E-state index contributed by atoms with van der Waals surface area (Å²) >= 11 is 0. The third kappa shape index (κ3) is 3.32. The van der Waals surface area contributed by atoms with E-state index in [9.17, 15) is 0 Å². The molecule has 2 unspecified atom stereocenters. The quantitative estimate of drug-likeness (QED) is 0.814. The van der Waals surface area contributed by atoms with Crippen LogP contribution in [0.15, 0.2) is 24.3 Å². The van der Waals surface area contributed by atoms with Crippen molar-refractivity contribution in [1.29, 1.82) is 0 Å². The second-order valence-electron chi connectivity index (χ2n) is 5.53. The molecule has 2 atom stereocenters. The van der Waals surface area contributed by atoms with Gasteiger partial charge in [0, 0.05) is 0 Å². The maximum Gasteiger partial charge on any atom is -0.00262 e. The Morgan fingerprint density at radius 3 is 3.00 bits per heavy atom. The van der Waals surface area contributed by atoms with E-state index in [-0.39, 0.29) is 0 Å². The second-order valence-corrected chi connectivity index (χ2v) is 5.53. The zero-order valence-electron chi connectivity index (χ0n) is 11.2. The number of benzene rings is 1. The summed E-state index contributed by atoms with van der Waals surface area (Å²) < 4.78 is 0. The number of nitrogens with one attached hydrogen (secondary N) is 1. The highest BCUT2D eigenvalue weighted by Gasteiger charge is 2.19. The molecule has 0 radical (unpaired) electrons. The minimum Gasteiger partial charge on any atom is -0.319 e. The lowest BCUT2D eigenvalue weighted by Crippen LogP contribution is -2.17. The highest BCUT2D eigenvalue weighted by Crippen LogP contribution is 2.35. The van der Waals surface area contributed by atoms with Gasteiger partial charge in [0.05, 0.1) is 0 Å². The van der Waals surface area contributed by atoms with Gasteiger partial charge in [-0.15, -0.1) is 0 Å². The monoisotopic (exact) mass is 231 g/mol. The van der Waals surface area contributed by atoms with Gasteiger partial charge in [0.1, 0.15) is 0 Å². The fraction of sp³-hybridized carbons (Fsp3) is 0.625. The van der Waals surface area contributed by atoms with Crippen molar-refractivity contribution in [1.82, 2.24) is 5.32 Å². The molecule has 0 spiro atoms. The molecular weight excluding hydrogens is 206 g/mol. The van der Waals surface area contributed by atoms with E-state index >= 15 is 0 Å². The van der Waals surface area contributed by atoms with Crippen LogP contribution in [0.3, 0.4) is 0 Å². The average molecular weight is 231 g/mol. The molecular formula is C16H25N. The van der Waals surface area contributed by atoms with Crippen molar-refractivity contribution < 1.29 is 0 Å². The highest BCUT2D eigenvalue weighted by molar-refractivity contribution is 5.32.